The molecule has 1 fully saturated rings. The summed E-state index contributed by atoms with van der Waals surface area (Å²) in [6.45, 7) is 3.55. The number of ether oxygens (including phenoxy) is 1. The van der Waals surface area contributed by atoms with Gasteiger partial charge >= 0.3 is 6.03 Å². The van der Waals surface area contributed by atoms with E-state index in [1.807, 2.05) is 24.3 Å². The fraction of sp³-hybridized carbons (Fsp3) is 0.368. The van der Waals surface area contributed by atoms with E-state index in [-0.39, 0.29) is 6.54 Å². The van der Waals surface area contributed by atoms with Gasteiger partial charge in [0.15, 0.2) is 0 Å². The van der Waals surface area contributed by atoms with Crippen LogP contribution in [-0.4, -0.2) is 51.7 Å². The van der Waals surface area contributed by atoms with Crippen LogP contribution in [0.4, 0.5) is 10.6 Å². The highest BCUT2D eigenvalue weighted by atomic mass is 16.5. The molecule has 1 atom stereocenters. The molecule has 1 saturated heterocycles. The van der Waals surface area contributed by atoms with Gasteiger partial charge in [-0.05, 0) is 31.0 Å². The van der Waals surface area contributed by atoms with Crippen molar-refractivity contribution in [3.63, 3.8) is 0 Å². The normalized spacial score (nSPS) is 18.9. The first kappa shape index (κ1) is 19.4. The molecule has 9 nitrogen and oxygen atoms in total. The van der Waals surface area contributed by atoms with Gasteiger partial charge in [0.1, 0.15) is 23.7 Å². The third kappa shape index (κ3) is 3.83. The van der Waals surface area contributed by atoms with Crippen LogP contribution in [0.5, 0.6) is 5.75 Å². The van der Waals surface area contributed by atoms with Gasteiger partial charge < -0.3 is 15.4 Å². The molecule has 0 aliphatic carbocycles. The van der Waals surface area contributed by atoms with E-state index < -0.39 is 23.4 Å². The third-order valence-electron chi connectivity index (χ3n) is 4.83. The molecule has 2 aromatic rings. The van der Waals surface area contributed by atoms with Crippen LogP contribution in [0.2, 0.25) is 0 Å². The predicted octanol–water partition coefficient (Wildman–Crippen LogP) is 1.60. The monoisotopic (exact) mass is 385 g/mol. The maximum atomic E-state index is 12.4. The van der Waals surface area contributed by atoms with Crippen LogP contribution in [0, 0.1) is 0 Å². The maximum absolute atomic E-state index is 12.4. The number of nitrogens with one attached hydrogen (secondary N) is 2. The number of benzene rings is 1. The van der Waals surface area contributed by atoms with Crippen molar-refractivity contribution < 1.29 is 19.1 Å². The zero-order valence-electron chi connectivity index (χ0n) is 16.1. The van der Waals surface area contributed by atoms with Crippen molar-refractivity contribution in [1.82, 2.24) is 20.0 Å². The molecule has 28 heavy (non-hydrogen) atoms. The second kappa shape index (κ2) is 7.71. The molecule has 9 heteroatoms. The summed E-state index contributed by atoms with van der Waals surface area (Å²) in [6, 6.07) is 8.61. The number of anilines is 1. The number of carbonyl (C=O) groups is 3. The summed E-state index contributed by atoms with van der Waals surface area (Å²) < 4.78 is 6.77. The second-order valence-corrected chi connectivity index (χ2v) is 6.78. The van der Waals surface area contributed by atoms with Gasteiger partial charge in [0.05, 0.1) is 19.9 Å². The SMILES string of the molecule is CCC1(C)NC(=O)N(CC(=O)Nc2ccnn2Cc2ccc(OC)cc2)C1=O. The number of hydrogen-bond donors (Lipinski definition) is 2. The Bertz CT molecular complexity index is 892. The Morgan fingerprint density at radius 2 is 1.96 bits per heavy atom. The molecular weight excluding hydrogens is 362 g/mol. The molecule has 1 aliphatic rings. The number of carbonyl (C=O) groups excluding carboxylic acids is 3. The summed E-state index contributed by atoms with van der Waals surface area (Å²) in [5.74, 6) is 0.360. The van der Waals surface area contributed by atoms with Crippen molar-refractivity contribution in [3.8, 4) is 5.75 Å². The highest BCUT2D eigenvalue weighted by Gasteiger charge is 2.46. The highest BCUT2D eigenvalue weighted by molar-refractivity contribution is 6.09. The van der Waals surface area contributed by atoms with Crippen molar-refractivity contribution in [2.75, 3.05) is 19.0 Å². The van der Waals surface area contributed by atoms with Gasteiger partial charge in [-0.15, -0.1) is 0 Å². The summed E-state index contributed by atoms with van der Waals surface area (Å²) >= 11 is 0. The van der Waals surface area contributed by atoms with Gasteiger partial charge in [0.25, 0.3) is 5.91 Å². The van der Waals surface area contributed by atoms with E-state index in [2.05, 4.69) is 15.7 Å². The zero-order chi connectivity index (χ0) is 20.3. The number of rotatable bonds is 7. The lowest BCUT2D eigenvalue weighted by Crippen LogP contribution is -2.44. The molecule has 0 saturated carbocycles. The topological polar surface area (TPSA) is 106 Å². The van der Waals surface area contributed by atoms with Crippen molar-refractivity contribution in [1.29, 1.82) is 0 Å². The summed E-state index contributed by atoms with van der Waals surface area (Å²) in [7, 11) is 1.60. The lowest BCUT2D eigenvalue weighted by Gasteiger charge is -2.19. The minimum Gasteiger partial charge on any atom is -0.497 e. The minimum atomic E-state index is -0.965. The van der Waals surface area contributed by atoms with E-state index >= 15 is 0 Å². The van der Waals surface area contributed by atoms with Crippen molar-refractivity contribution in [2.24, 2.45) is 0 Å². The van der Waals surface area contributed by atoms with Crippen molar-refractivity contribution in [2.45, 2.75) is 32.4 Å². The van der Waals surface area contributed by atoms with E-state index in [0.717, 1.165) is 16.2 Å². The van der Waals surface area contributed by atoms with Crippen LogP contribution in [0.25, 0.3) is 0 Å². The van der Waals surface area contributed by atoms with E-state index in [1.165, 1.54) is 0 Å². The smallest absolute Gasteiger partial charge is 0.325 e. The van der Waals surface area contributed by atoms with Gasteiger partial charge in [0.2, 0.25) is 5.91 Å². The molecule has 148 valence electrons. The summed E-state index contributed by atoms with van der Waals surface area (Å²) in [6.07, 6.45) is 2.02. The molecule has 2 N–H and O–H groups in total. The Labute approximate surface area is 162 Å². The lowest BCUT2D eigenvalue weighted by atomic mass is 9.99. The van der Waals surface area contributed by atoms with Gasteiger partial charge in [-0.3, -0.25) is 14.5 Å². The predicted molar refractivity (Wildman–Crippen MR) is 102 cm³/mol. The standard InChI is InChI=1S/C19H23N5O4/c1-4-19(2)17(26)23(18(27)22-19)12-16(25)21-15-9-10-20-24(15)11-13-5-7-14(28-3)8-6-13/h5-10H,4,11-12H2,1-3H3,(H,21,25)(H,22,27). The van der Waals surface area contributed by atoms with E-state index in [1.54, 1.807) is 37.9 Å². The first-order chi connectivity index (χ1) is 13.4. The molecule has 2 heterocycles. The van der Waals surface area contributed by atoms with Crippen LogP contribution >= 0.6 is 0 Å². The van der Waals surface area contributed by atoms with Crippen LogP contribution in [-0.2, 0) is 16.1 Å². The van der Waals surface area contributed by atoms with Gasteiger partial charge in [-0.1, -0.05) is 19.1 Å². The number of imide groups is 1. The van der Waals surface area contributed by atoms with Gasteiger partial charge in [-0.25, -0.2) is 9.48 Å². The first-order valence-corrected chi connectivity index (χ1v) is 8.95. The third-order valence-corrected chi connectivity index (χ3v) is 4.83. The number of aromatic nitrogens is 2. The Kier molecular flexibility index (Phi) is 5.34. The van der Waals surface area contributed by atoms with Crippen LogP contribution in [0.3, 0.4) is 0 Å². The Morgan fingerprint density at radius 3 is 2.57 bits per heavy atom. The first-order valence-electron chi connectivity index (χ1n) is 8.95. The molecule has 1 unspecified atom stereocenters. The quantitative estimate of drug-likeness (QED) is 0.704. The molecule has 0 spiro atoms. The second-order valence-electron chi connectivity index (χ2n) is 6.78. The highest BCUT2D eigenvalue weighted by Crippen LogP contribution is 2.21. The zero-order valence-corrected chi connectivity index (χ0v) is 16.1. The van der Waals surface area contributed by atoms with Crippen LogP contribution in [0.15, 0.2) is 36.5 Å². The maximum Gasteiger partial charge on any atom is 0.325 e. The fourth-order valence-electron chi connectivity index (χ4n) is 2.92. The molecule has 0 radical (unpaired) electrons. The average Bonchev–Trinajstić information content (AvgIpc) is 3.20. The average molecular weight is 385 g/mol. The molecule has 1 aliphatic heterocycles. The van der Waals surface area contributed by atoms with Crippen molar-refractivity contribution >= 4 is 23.7 Å². The summed E-state index contributed by atoms with van der Waals surface area (Å²) in [5.41, 5.74) is 0.0147. The van der Waals surface area contributed by atoms with Crippen molar-refractivity contribution in [3.05, 3.63) is 42.1 Å². The lowest BCUT2D eigenvalue weighted by molar-refractivity contribution is -0.133. The molecule has 1 aromatic heterocycles. The number of amides is 4. The fourth-order valence-corrected chi connectivity index (χ4v) is 2.92. The Balaban J connectivity index is 1.64. The van der Waals surface area contributed by atoms with E-state index in [9.17, 15) is 14.4 Å². The molecule has 4 amide bonds. The summed E-state index contributed by atoms with van der Waals surface area (Å²) in [4.78, 5) is 37.8. The van der Waals surface area contributed by atoms with E-state index in [4.69, 9.17) is 4.74 Å². The molecule has 3 rings (SSSR count). The molecule has 1 aromatic carbocycles. The number of hydrogen-bond acceptors (Lipinski definition) is 5. The molecular formula is C19H23N5O4. The minimum absolute atomic E-state index is 0.353. The number of urea groups is 1. The number of nitrogens with zero attached hydrogens (tertiary/aromatic N) is 3. The van der Waals surface area contributed by atoms with E-state index in [0.29, 0.717) is 18.8 Å². The van der Waals surface area contributed by atoms with Crippen LogP contribution < -0.4 is 15.4 Å². The van der Waals surface area contributed by atoms with Gasteiger partial charge in [0, 0.05) is 6.07 Å². The largest absolute Gasteiger partial charge is 0.497 e. The Hall–Kier alpha value is -3.36. The van der Waals surface area contributed by atoms with Gasteiger partial charge in [-0.2, -0.15) is 5.10 Å². The molecule has 0 bridgehead atoms. The number of methoxy groups -OCH3 is 1. The Morgan fingerprint density at radius 1 is 1.25 bits per heavy atom. The van der Waals surface area contributed by atoms with Crippen LogP contribution in [0.1, 0.15) is 25.8 Å². The summed E-state index contributed by atoms with van der Waals surface area (Å²) in [5, 5.41) is 9.55.